The second-order valence-electron chi connectivity index (χ2n) is 4.63. The molecular formula is C9H14FN2O8P. The molecule has 10 nitrogen and oxygen atoms in total. The molecule has 4 atom stereocenters. The summed E-state index contributed by atoms with van der Waals surface area (Å²) in [4.78, 5) is 40.6. The third-order valence-electron chi connectivity index (χ3n) is 3.09. The monoisotopic (exact) mass is 328 g/mol. The van der Waals surface area contributed by atoms with E-state index in [4.69, 9.17) is 14.5 Å². The average Bonchev–Trinajstić information content (AvgIpc) is 2.72. The smallest absolute Gasteiger partial charge is 0.390 e. The van der Waals surface area contributed by atoms with Gasteiger partial charge in [-0.25, -0.2) is 13.8 Å². The number of carbonyl (C=O) groups excluding carboxylic acids is 2. The fraction of sp³-hybridized carbons (Fsp3) is 0.778. The lowest BCUT2D eigenvalue weighted by Crippen LogP contribution is -2.58. The van der Waals surface area contributed by atoms with Crippen LogP contribution in [0, 0.1) is 0 Å². The van der Waals surface area contributed by atoms with Crippen molar-refractivity contribution in [3.05, 3.63) is 0 Å². The van der Waals surface area contributed by atoms with E-state index in [1.165, 1.54) is 0 Å². The van der Waals surface area contributed by atoms with Crippen LogP contribution in [0.1, 0.15) is 6.42 Å². The Bertz CT molecular complexity index is 484. The third kappa shape index (κ3) is 3.96. The van der Waals surface area contributed by atoms with E-state index >= 15 is 0 Å². The Morgan fingerprint density at radius 3 is 2.76 bits per heavy atom. The van der Waals surface area contributed by atoms with Crippen molar-refractivity contribution in [3.63, 3.8) is 0 Å². The van der Waals surface area contributed by atoms with Crippen LogP contribution in [0.5, 0.6) is 0 Å². The molecule has 2 aliphatic heterocycles. The molecule has 0 saturated carbocycles. The highest BCUT2D eigenvalue weighted by Crippen LogP contribution is 2.37. The molecule has 0 aromatic carbocycles. The fourth-order valence-corrected chi connectivity index (χ4v) is 2.41. The number of amides is 3. The van der Waals surface area contributed by atoms with Crippen LogP contribution in [0.3, 0.4) is 0 Å². The maximum atomic E-state index is 13.3. The zero-order chi connectivity index (χ0) is 15.8. The van der Waals surface area contributed by atoms with Crippen molar-refractivity contribution in [3.8, 4) is 0 Å². The van der Waals surface area contributed by atoms with Gasteiger partial charge >= 0.3 is 13.9 Å². The minimum Gasteiger partial charge on any atom is -0.390 e. The molecule has 0 radical (unpaired) electrons. The van der Waals surface area contributed by atoms with Gasteiger partial charge in [0, 0.05) is 6.42 Å². The van der Waals surface area contributed by atoms with Crippen LogP contribution in [-0.2, 0) is 18.6 Å². The number of imide groups is 1. The lowest BCUT2D eigenvalue weighted by atomic mass is 10.1. The Labute approximate surface area is 118 Å². The molecule has 0 aromatic rings. The molecule has 0 aromatic heterocycles. The maximum Gasteiger partial charge on any atom is 0.469 e. The van der Waals surface area contributed by atoms with Gasteiger partial charge in [-0.2, -0.15) is 0 Å². The Morgan fingerprint density at radius 1 is 1.48 bits per heavy atom. The van der Waals surface area contributed by atoms with Gasteiger partial charge in [0.2, 0.25) is 0 Å². The molecule has 2 saturated heterocycles. The van der Waals surface area contributed by atoms with Crippen molar-refractivity contribution >= 4 is 19.8 Å². The first kappa shape index (κ1) is 16.3. The number of alkyl halides is 1. The molecule has 0 bridgehead atoms. The molecule has 0 spiro atoms. The van der Waals surface area contributed by atoms with Crippen molar-refractivity contribution in [1.29, 1.82) is 0 Å². The van der Waals surface area contributed by atoms with E-state index in [1.54, 1.807) is 5.32 Å². The number of hydrogen-bond donors (Lipinski definition) is 4. The Morgan fingerprint density at radius 2 is 2.14 bits per heavy atom. The van der Waals surface area contributed by atoms with Crippen LogP contribution >= 0.6 is 7.82 Å². The van der Waals surface area contributed by atoms with Crippen LogP contribution in [0.25, 0.3) is 0 Å². The molecule has 3 amide bonds. The summed E-state index contributed by atoms with van der Waals surface area (Å²) < 4.78 is 33.3. The molecule has 2 fully saturated rings. The Hall–Kier alpha value is -1.10. The summed E-state index contributed by atoms with van der Waals surface area (Å²) in [5, 5.41) is 11.5. The summed E-state index contributed by atoms with van der Waals surface area (Å²) in [7, 11) is -4.72. The lowest BCUT2D eigenvalue weighted by molar-refractivity contribution is -0.130. The SMILES string of the molecule is O=C1NC(=O)N(C2CC(O)C(COP(=O)(O)O)O2)CC1F. The van der Waals surface area contributed by atoms with Crippen molar-refractivity contribution in [2.45, 2.75) is 31.0 Å². The number of aliphatic hydroxyl groups is 1. The molecular weight excluding hydrogens is 314 g/mol. The number of nitrogens with zero attached hydrogens (tertiary/aromatic N) is 1. The second kappa shape index (κ2) is 5.95. The topological polar surface area (TPSA) is 146 Å². The number of phosphoric ester groups is 1. The van der Waals surface area contributed by atoms with Crippen LogP contribution in [0.15, 0.2) is 0 Å². The molecule has 21 heavy (non-hydrogen) atoms. The minimum atomic E-state index is -4.72. The standard InChI is InChI=1S/C9H14FN2O8P/c10-4-2-12(9(15)11-8(4)14)7-1-5(13)6(20-7)3-19-21(16,17)18/h4-7,13H,1-3H2,(H,11,14,15)(H2,16,17,18). The van der Waals surface area contributed by atoms with E-state index in [9.17, 15) is 23.7 Å². The van der Waals surface area contributed by atoms with Crippen LogP contribution in [-0.4, -0.2) is 69.5 Å². The van der Waals surface area contributed by atoms with Crippen LogP contribution in [0.2, 0.25) is 0 Å². The molecule has 12 heteroatoms. The van der Waals surface area contributed by atoms with E-state index in [0.717, 1.165) is 4.90 Å². The quantitative estimate of drug-likeness (QED) is 0.454. The fourth-order valence-electron chi connectivity index (χ4n) is 2.07. The summed E-state index contributed by atoms with van der Waals surface area (Å²) in [5.74, 6) is -1.05. The first-order chi connectivity index (χ1) is 9.67. The minimum absolute atomic E-state index is 0.0937. The Kier molecular flexibility index (Phi) is 4.61. The number of nitrogens with one attached hydrogen (secondary N) is 1. The molecule has 4 N–H and O–H groups in total. The highest BCUT2D eigenvalue weighted by Gasteiger charge is 2.43. The van der Waals surface area contributed by atoms with E-state index < -0.39 is 57.5 Å². The maximum absolute atomic E-state index is 13.3. The first-order valence-corrected chi connectivity index (χ1v) is 7.49. The highest BCUT2D eigenvalue weighted by molar-refractivity contribution is 7.46. The van der Waals surface area contributed by atoms with Crippen LogP contribution < -0.4 is 5.32 Å². The summed E-state index contributed by atoms with van der Waals surface area (Å²) in [5.41, 5.74) is 0. The number of ether oxygens (including phenoxy) is 1. The van der Waals surface area contributed by atoms with Gasteiger partial charge in [0.05, 0.1) is 19.3 Å². The third-order valence-corrected chi connectivity index (χ3v) is 3.58. The van der Waals surface area contributed by atoms with Crippen molar-refractivity contribution in [2.24, 2.45) is 0 Å². The van der Waals surface area contributed by atoms with Crippen molar-refractivity contribution in [1.82, 2.24) is 10.2 Å². The van der Waals surface area contributed by atoms with Gasteiger partial charge in [0.25, 0.3) is 5.91 Å². The van der Waals surface area contributed by atoms with Gasteiger partial charge in [-0.05, 0) is 0 Å². The van der Waals surface area contributed by atoms with E-state index in [-0.39, 0.29) is 6.42 Å². The molecule has 120 valence electrons. The van der Waals surface area contributed by atoms with Gasteiger partial charge in [0.15, 0.2) is 6.17 Å². The number of halogens is 1. The van der Waals surface area contributed by atoms with Gasteiger partial charge in [-0.15, -0.1) is 0 Å². The van der Waals surface area contributed by atoms with E-state index in [0.29, 0.717) is 0 Å². The number of rotatable bonds is 4. The zero-order valence-corrected chi connectivity index (χ0v) is 11.5. The molecule has 2 heterocycles. The van der Waals surface area contributed by atoms with E-state index in [2.05, 4.69) is 4.52 Å². The predicted molar refractivity (Wildman–Crippen MR) is 62.4 cm³/mol. The summed E-state index contributed by atoms with van der Waals surface area (Å²) in [6, 6.07) is -0.859. The number of aliphatic hydroxyl groups excluding tert-OH is 1. The largest absolute Gasteiger partial charge is 0.469 e. The number of phosphoric acid groups is 1. The molecule has 0 aliphatic carbocycles. The number of hydrogen-bond acceptors (Lipinski definition) is 6. The van der Waals surface area contributed by atoms with Crippen LogP contribution in [0.4, 0.5) is 9.18 Å². The predicted octanol–water partition coefficient (Wildman–Crippen LogP) is -1.54. The summed E-state index contributed by atoms with van der Waals surface area (Å²) in [6.45, 7) is -1.11. The molecule has 2 aliphatic rings. The van der Waals surface area contributed by atoms with Gasteiger partial charge in [-0.3, -0.25) is 19.5 Å². The summed E-state index contributed by atoms with van der Waals surface area (Å²) >= 11 is 0. The summed E-state index contributed by atoms with van der Waals surface area (Å²) in [6.07, 6.45) is -5.24. The average molecular weight is 328 g/mol. The van der Waals surface area contributed by atoms with Gasteiger partial charge in [0.1, 0.15) is 12.3 Å². The van der Waals surface area contributed by atoms with Gasteiger partial charge in [-0.1, -0.05) is 0 Å². The normalized spacial score (nSPS) is 34.2. The molecule has 2 rings (SSSR count). The Balaban J connectivity index is 1.95. The first-order valence-electron chi connectivity index (χ1n) is 5.96. The second-order valence-corrected chi connectivity index (χ2v) is 5.87. The number of urea groups is 1. The lowest BCUT2D eigenvalue weighted by Gasteiger charge is -2.32. The number of carbonyl (C=O) groups is 2. The van der Waals surface area contributed by atoms with Crippen molar-refractivity contribution < 1.29 is 42.7 Å². The molecule has 4 unspecified atom stereocenters. The zero-order valence-electron chi connectivity index (χ0n) is 10.6. The van der Waals surface area contributed by atoms with Gasteiger partial charge < -0.3 is 19.6 Å². The van der Waals surface area contributed by atoms with E-state index in [1.807, 2.05) is 0 Å². The highest BCUT2D eigenvalue weighted by atomic mass is 31.2. The van der Waals surface area contributed by atoms with Crippen molar-refractivity contribution in [2.75, 3.05) is 13.2 Å².